The maximum absolute atomic E-state index is 5.85. The monoisotopic (exact) mass is 307 g/mol. The number of nitrogens with one attached hydrogen (secondary N) is 1. The van der Waals surface area contributed by atoms with Gasteiger partial charge in [-0.3, -0.25) is 0 Å². The molecule has 0 saturated heterocycles. The molecule has 0 aliphatic heterocycles. The molecule has 21 heavy (non-hydrogen) atoms. The Kier molecular flexibility index (Phi) is 5.10. The van der Waals surface area contributed by atoms with Gasteiger partial charge < -0.3 is 19.5 Å². The Hall–Kier alpha value is -2.15. The molecule has 0 bridgehead atoms. The number of thioether (sulfide) groups is 1. The van der Waals surface area contributed by atoms with Crippen LogP contribution in [0.5, 0.6) is 23.1 Å². The van der Waals surface area contributed by atoms with Gasteiger partial charge in [0.1, 0.15) is 5.82 Å². The Balaban J connectivity index is 2.42. The van der Waals surface area contributed by atoms with Crippen LogP contribution in [0.15, 0.2) is 29.4 Å². The van der Waals surface area contributed by atoms with E-state index in [4.69, 9.17) is 14.2 Å². The molecule has 1 N–H and O–H groups in total. The van der Waals surface area contributed by atoms with Crippen LogP contribution < -0.4 is 19.5 Å². The average molecular weight is 307 g/mol. The molecule has 0 fully saturated rings. The van der Waals surface area contributed by atoms with Crippen molar-refractivity contribution in [2.75, 3.05) is 32.8 Å². The number of aromatic nitrogens is 2. The Bertz CT molecular complexity index is 578. The normalized spacial score (nSPS) is 10.1. The van der Waals surface area contributed by atoms with Gasteiger partial charge in [0.25, 0.3) is 0 Å². The van der Waals surface area contributed by atoms with Gasteiger partial charge in [0.05, 0.1) is 14.2 Å². The smallest absolute Gasteiger partial charge is 0.225 e. The lowest BCUT2D eigenvalue weighted by Crippen LogP contribution is -2.00. The summed E-state index contributed by atoms with van der Waals surface area (Å²) in [7, 11) is 4.95. The summed E-state index contributed by atoms with van der Waals surface area (Å²) in [5, 5.41) is 3.59. The van der Waals surface area contributed by atoms with E-state index >= 15 is 0 Å². The number of rotatable bonds is 6. The summed E-state index contributed by atoms with van der Waals surface area (Å²) in [6, 6.07) is 7.14. The molecule has 0 atom stereocenters. The van der Waals surface area contributed by atoms with Crippen LogP contribution in [0.25, 0.3) is 0 Å². The molecule has 7 heteroatoms. The number of hydrogen-bond acceptors (Lipinski definition) is 7. The Labute approximate surface area is 127 Å². The van der Waals surface area contributed by atoms with Crippen molar-refractivity contribution >= 4 is 17.6 Å². The van der Waals surface area contributed by atoms with Crippen LogP contribution in [-0.4, -0.2) is 37.5 Å². The lowest BCUT2D eigenvalue weighted by molar-refractivity contribution is 0.340. The average Bonchev–Trinajstić information content (AvgIpc) is 2.54. The summed E-state index contributed by atoms with van der Waals surface area (Å²) in [5.74, 6) is 2.73. The van der Waals surface area contributed by atoms with Gasteiger partial charge in [-0.15, -0.1) is 0 Å². The highest BCUT2D eigenvalue weighted by molar-refractivity contribution is 7.98. The second kappa shape index (κ2) is 7.03. The second-order valence-electron chi connectivity index (χ2n) is 3.92. The molecule has 0 saturated carbocycles. The minimum absolute atomic E-state index is 0.418. The highest BCUT2D eigenvalue weighted by Gasteiger charge is 2.14. The number of nitrogens with zero attached hydrogens (tertiary/aromatic N) is 2. The maximum Gasteiger partial charge on any atom is 0.225 e. The van der Waals surface area contributed by atoms with Gasteiger partial charge >= 0.3 is 0 Å². The third-order valence-electron chi connectivity index (χ3n) is 2.71. The van der Waals surface area contributed by atoms with E-state index in [9.17, 15) is 0 Å². The summed E-state index contributed by atoms with van der Waals surface area (Å²) in [6.45, 7) is 0. The van der Waals surface area contributed by atoms with Crippen LogP contribution in [0.4, 0.5) is 5.82 Å². The summed E-state index contributed by atoms with van der Waals surface area (Å²) >= 11 is 1.44. The predicted molar refractivity (Wildman–Crippen MR) is 83.0 cm³/mol. The van der Waals surface area contributed by atoms with E-state index < -0.39 is 0 Å². The molecule has 0 unspecified atom stereocenters. The predicted octanol–water partition coefficient (Wildman–Crippen LogP) is 3.05. The van der Waals surface area contributed by atoms with E-state index in [-0.39, 0.29) is 0 Å². The van der Waals surface area contributed by atoms with E-state index in [0.29, 0.717) is 34.1 Å². The molecule has 112 valence electrons. The Morgan fingerprint density at radius 3 is 2.29 bits per heavy atom. The van der Waals surface area contributed by atoms with Crippen LogP contribution in [0.2, 0.25) is 0 Å². The number of para-hydroxylation sites is 1. The number of anilines is 1. The molecular weight excluding hydrogens is 290 g/mol. The summed E-state index contributed by atoms with van der Waals surface area (Å²) in [6.07, 6.45) is 1.90. The fourth-order valence-corrected chi connectivity index (χ4v) is 2.07. The van der Waals surface area contributed by atoms with Gasteiger partial charge in [-0.25, -0.2) is 4.98 Å². The molecule has 0 amide bonds. The first-order valence-electron chi connectivity index (χ1n) is 6.21. The first-order valence-corrected chi connectivity index (χ1v) is 7.44. The minimum Gasteiger partial charge on any atom is -0.493 e. The van der Waals surface area contributed by atoms with Crippen molar-refractivity contribution in [3.05, 3.63) is 24.3 Å². The molecule has 1 aromatic heterocycles. The number of methoxy groups -OCH3 is 2. The van der Waals surface area contributed by atoms with Crippen LogP contribution >= 0.6 is 11.8 Å². The fraction of sp³-hybridized carbons (Fsp3) is 0.286. The quantitative estimate of drug-likeness (QED) is 0.650. The number of hydrogen-bond donors (Lipinski definition) is 1. The Morgan fingerprint density at radius 1 is 1.10 bits per heavy atom. The number of benzene rings is 1. The molecule has 6 nitrogen and oxygen atoms in total. The van der Waals surface area contributed by atoms with Crippen molar-refractivity contribution in [3.63, 3.8) is 0 Å². The number of ether oxygens (including phenoxy) is 3. The van der Waals surface area contributed by atoms with E-state index in [2.05, 4.69) is 15.3 Å². The van der Waals surface area contributed by atoms with Crippen LogP contribution in [0, 0.1) is 0 Å². The third kappa shape index (κ3) is 3.49. The molecular formula is C14H17N3O3S. The summed E-state index contributed by atoms with van der Waals surface area (Å²) < 4.78 is 16.5. The van der Waals surface area contributed by atoms with Crippen molar-refractivity contribution in [2.45, 2.75) is 5.16 Å². The maximum atomic E-state index is 5.85. The van der Waals surface area contributed by atoms with Crippen molar-refractivity contribution in [2.24, 2.45) is 0 Å². The molecule has 0 aliphatic rings. The Morgan fingerprint density at radius 2 is 1.76 bits per heavy atom. The first kappa shape index (κ1) is 15.2. The van der Waals surface area contributed by atoms with E-state index in [1.165, 1.54) is 11.8 Å². The molecule has 0 radical (unpaired) electrons. The molecule has 1 heterocycles. The van der Waals surface area contributed by atoms with E-state index in [0.717, 1.165) is 0 Å². The van der Waals surface area contributed by atoms with E-state index in [1.54, 1.807) is 39.5 Å². The van der Waals surface area contributed by atoms with Crippen LogP contribution in [0.1, 0.15) is 0 Å². The molecule has 0 aliphatic carbocycles. The van der Waals surface area contributed by atoms with Gasteiger partial charge in [-0.05, 0) is 18.4 Å². The molecule has 2 aromatic rings. The summed E-state index contributed by atoms with van der Waals surface area (Å²) in [4.78, 5) is 8.62. The zero-order valence-electron chi connectivity index (χ0n) is 12.3. The molecule has 1 aromatic carbocycles. The third-order valence-corrected chi connectivity index (χ3v) is 3.26. The van der Waals surface area contributed by atoms with Crippen LogP contribution in [-0.2, 0) is 0 Å². The van der Waals surface area contributed by atoms with Crippen molar-refractivity contribution in [1.29, 1.82) is 0 Å². The lowest BCUT2D eigenvalue weighted by atomic mass is 10.3. The van der Waals surface area contributed by atoms with Gasteiger partial charge in [-0.1, -0.05) is 17.8 Å². The van der Waals surface area contributed by atoms with Crippen molar-refractivity contribution in [1.82, 2.24) is 9.97 Å². The molecule has 0 spiro atoms. The highest BCUT2D eigenvalue weighted by Crippen LogP contribution is 2.39. The standard InChI is InChI=1S/C14H17N3O3S/c1-15-11-8-12(17-14(16-11)21-4)20-13-9(18-2)6-5-7-10(13)19-3/h5-8H,1-4H3,(H,15,16,17). The second-order valence-corrected chi connectivity index (χ2v) is 4.70. The SMILES string of the molecule is CNc1cc(Oc2c(OC)cccc2OC)nc(SC)n1. The highest BCUT2D eigenvalue weighted by atomic mass is 32.2. The van der Waals surface area contributed by atoms with Crippen molar-refractivity contribution < 1.29 is 14.2 Å². The zero-order chi connectivity index (χ0) is 15.2. The van der Waals surface area contributed by atoms with Gasteiger partial charge in [-0.2, -0.15) is 4.98 Å². The van der Waals surface area contributed by atoms with Crippen molar-refractivity contribution in [3.8, 4) is 23.1 Å². The lowest BCUT2D eigenvalue weighted by Gasteiger charge is -2.14. The van der Waals surface area contributed by atoms with Gasteiger partial charge in [0, 0.05) is 13.1 Å². The van der Waals surface area contributed by atoms with E-state index in [1.807, 2.05) is 12.3 Å². The van der Waals surface area contributed by atoms with Gasteiger partial charge in [0.15, 0.2) is 16.7 Å². The summed E-state index contributed by atoms with van der Waals surface area (Å²) in [5.41, 5.74) is 0. The van der Waals surface area contributed by atoms with Crippen LogP contribution in [0.3, 0.4) is 0 Å². The first-order chi connectivity index (χ1) is 10.2. The largest absolute Gasteiger partial charge is 0.493 e. The van der Waals surface area contributed by atoms with Gasteiger partial charge in [0.2, 0.25) is 11.6 Å². The fourth-order valence-electron chi connectivity index (χ4n) is 1.70. The topological polar surface area (TPSA) is 65.5 Å². The molecule has 2 rings (SSSR count). The minimum atomic E-state index is 0.418. The zero-order valence-corrected chi connectivity index (χ0v) is 13.2.